The number of halogens is 1. The van der Waals surface area contributed by atoms with Gasteiger partial charge in [-0.05, 0) is 39.7 Å². The monoisotopic (exact) mass is 354 g/mol. The zero-order chi connectivity index (χ0) is 14.8. The minimum atomic E-state index is -3.58. The average molecular weight is 355 g/mol. The van der Waals surface area contributed by atoms with Gasteiger partial charge in [-0.25, -0.2) is 8.42 Å². The van der Waals surface area contributed by atoms with Gasteiger partial charge in [-0.2, -0.15) is 4.31 Å². The summed E-state index contributed by atoms with van der Waals surface area (Å²) in [5.41, 5.74) is 7.02. The summed E-state index contributed by atoms with van der Waals surface area (Å²) in [6.45, 7) is 0.310. The molecule has 0 saturated carbocycles. The third-order valence-corrected chi connectivity index (χ3v) is 5.69. The van der Waals surface area contributed by atoms with Gasteiger partial charge >= 0.3 is 0 Å². The number of hydrogen-bond donors (Lipinski definition) is 1. The Morgan fingerprint density at radius 1 is 1.15 bits per heavy atom. The Labute approximate surface area is 127 Å². The van der Waals surface area contributed by atoms with Crippen LogP contribution in [-0.2, 0) is 16.6 Å². The molecule has 0 fully saturated rings. The van der Waals surface area contributed by atoms with E-state index in [0.29, 0.717) is 16.7 Å². The van der Waals surface area contributed by atoms with Gasteiger partial charge in [-0.3, -0.25) is 0 Å². The molecule has 4 nitrogen and oxygen atoms in total. The van der Waals surface area contributed by atoms with Crippen molar-refractivity contribution in [3.05, 3.63) is 58.6 Å². The Balaban J connectivity index is 2.32. The Morgan fingerprint density at radius 3 is 2.45 bits per heavy atom. The lowest BCUT2D eigenvalue weighted by Crippen LogP contribution is -2.26. The highest BCUT2D eigenvalue weighted by atomic mass is 79.9. The zero-order valence-corrected chi connectivity index (χ0v) is 13.4. The first-order chi connectivity index (χ1) is 9.41. The summed E-state index contributed by atoms with van der Waals surface area (Å²) in [5, 5.41) is 0. The number of hydrogen-bond acceptors (Lipinski definition) is 3. The van der Waals surface area contributed by atoms with Crippen LogP contribution in [0, 0.1) is 0 Å². The lowest BCUT2D eigenvalue weighted by Gasteiger charge is -2.18. The molecule has 2 aromatic carbocycles. The number of benzene rings is 2. The maximum absolute atomic E-state index is 12.5. The van der Waals surface area contributed by atoms with Gasteiger partial charge in [0, 0.05) is 23.8 Å². The number of rotatable bonds is 4. The molecule has 2 aromatic rings. The zero-order valence-electron chi connectivity index (χ0n) is 11.0. The van der Waals surface area contributed by atoms with Crippen LogP contribution in [0.4, 0.5) is 5.69 Å². The lowest BCUT2D eigenvalue weighted by molar-refractivity contribution is 0.466. The van der Waals surface area contributed by atoms with Gasteiger partial charge in [0.2, 0.25) is 10.0 Å². The summed E-state index contributed by atoms with van der Waals surface area (Å²) in [7, 11) is -2.03. The summed E-state index contributed by atoms with van der Waals surface area (Å²) >= 11 is 3.26. The first-order valence-corrected chi connectivity index (χ1v) is 8.20. The SMILES string of the molecule is CN(Cc1ccccc1)S(=O)(=O)c1cc(N)ccc1Br. The first-order valence-electron chi connectivity index (χ1n) is 5.96. The quantitative estimate of drug-likeness (QED) is 0.858. The molecular weight excluding hydrogens is 340 g/mol. The van der Waals surface area contributed by atoms with Crippen molar-refractivity contribution < 1.29 is 8.42 Å². The molecule has 0 bridgehead atoms. The third kappa shape index (κ3) is 3.20. The molecule has 6 heteroatoms. The van der Waals surface area contributed by atoms with Gasteiger partial charge in [-0.15, -0.1) is 0 Å². The van der Waals surface area contributed by atoms with Gasteiger partial charge in [-0.1, -0.05) is 30.3 Å². The van der Waals surface area contributed by atoms with Crippen LogP contribution in [0.15, 0.2) is 57.9 Å². The fraction of sp³-hybridized carbons (Fsp3) is 0.143. The maximum atomic E-state index is 12.5. The van der Waals surface area contributed by atoms with Gasteiger partial charge in [0.1, 0.15) is 0 Å². The minimum Gasteiger partial charge on any atom is -0.399 e. The van der Waals surface area contributed by atoms with Crippen LogP contribution in [0.3, 0.4) is 0 Å². The highest BCUT2D eigenvalue weighted by Gasteiger charge is 2.23. The second-order valence-electron chi connectivity index (χ2n) is 4.44. The van der Waals surface area contributed by atoms with Crippen molar-refractivity contribution in [1.82, 2.24) is 4.31 Å². The normalized spacial score (nSPS) is 11.8. The summed E-state index contributed by atoms with van der Waals surface area (Å²) in [6.07, 6.45) is 0. The molecule has 0 aromatic heterocycles. The van der Waals surface area contributed by atoms with E-state index in [0.717, 1.165) is 5.56 Å². The molecule has 0 radical (unpaired) electrons. The van der Waals surface area contributed by atoms with Crippen LogP contribution in [-0.4, -0.2) is 19.8 Å². The Morgan fingerprint density at radius 2 is 1.80 bits per heavy atom. The van der Waals surface area contributed by atoms with Crippen molar-refractivity contribution in [2.45, 2.75) is 11.4 Å². The fourth-order valence-corrected chi connectivity index (χ4v) is 3.93. The summed E-state index contributed by atoms with van der Waals surface area (Å²) in [6, 6.07) is 14.2. The number of nitrogens with two attached hydrogens (primary N) is 1. The second-order valence-corrected chi connectivity index (χ2v) is 7.30. The van der Waals surface area contributed by atoms with Crippen LogP contribution in [0.1, 0.15) is 5.56 Å². The molecule has 2 rings (SSSR count). The van der Waals surface area contributed by atoms with Crippen molar-refractivity contribution in [3.8, 4) is 0 Å². The highest BCUT2D eigenvalue weighted by molar-refractivity contribution is 9.10. The van der Waals surface area contributed by atoms with E-state index in [2.05, 4.69) is 15.9 Å². The molecule has 0 aliphatic rings. The van der Waals surface area contributed by atoms with Crippen molar-refractivity contribution in [2.75, 3.05) is 12.8 Å². The third-order valence-electron chi connectivity index (χ3n) is 2.89. The van der Waals surface area contributed by atoms with Gasteiger partial charge in [0.25, 0.3) is 0 Å². The van der Waals surface area contributed by atoms with E-state index in [1.54, 1.807) is 19.2 Å². The summed E-state index contributed by atoms with van der Waals surface area (Å²) < 4.78 is 26.9. The predicted octanol–water partition coefficient (Wildman–Crippen LogP) is 2.85. The molecule has 0 spiro atoms. The van der Waals surface area contributed by atoms with Gasteiger partial charge < -0.3 is 5.73 Å². The summed E-state index contributed by atoms with van der Waals surface area (Å²) in [5.74, 6) is 0. The molecule has 0 aliphatic heterocycles. The van der Waals surface area contributed by atoms with E-state index in [1.165, 1.54) is 10.4 Å². The van der Waals surface area contributed by atoms with E-state index < -0.39 is 10.0 Å². The van der Waals surface area contributed by atoms with Gasteiger partial charge in [0.15, 0.2) is 0 Å². The van der Waals surface area contributed by atoms with Crippen LogP contribution in [0.2, 0.25) is 0 Å². The number of sulfonamides is 1. The standard InChI is InChI=1S/C14H15BrN2O2S/c1-17(10-11-5-3-2-4-6-11)20(18,19)14-9-12(16)7-8-13(14)15/h2-9H,10,16H2,1H3. The smallest absolute Gasteiger partial charge is 0.244 e. The number of anilines is 1. The molecule has 0 atom stereocenters. The van der Waals surface area contributed by atoms with E-state index in [-0.39, 0.29) is 4.90 Å². The van der Waals surface area contributed by atoms with E-state index in [4.69, 9.17) is 5.73 Å². The lowest BCUT2D eigenvalue weighted by atomic mass is 10.2. The summed E-state index contributed by atoms with van der Waals surface area (Å²) in [4.78, 5) is 0.177. The van der Waals surface area contributed by atoms with Crippen molar-refractivity contribution in [3.63, 3.8) is 0 Å². The number of nitrogens with zero attached hydrogens (tertiary/aromatic N) is 1. The second kappa shape index (κ2) is 5.95. The van der Waals surface area contributed by atoms with Crippen molar-refractivity contribution in [2.24, 2.45) is 0 Å². The van der Waals surface area contributed by atoms with Crippen LogP contribution in [0.5, 0.6) is 0 Å². The molecule has 0 saturated heterocycles. The molecule has 0 heterocycles. The first kappa shape index (κ1) is 15.0. The van der Waals surface area contributed by atoms with Crippen LogP contribution in [0.25, 0.3) is 0 Å². The predicted molar refractivity (Wildman–Crippen MR) is 83.6 cm³/mol. The molecule has 20 heavy (non-hydrogen) atoms. The minimum absolute atomic E-state index is 0.177. The molecule has 0 unspecified atom stereocenters. The number of nitrogen functional groups attached to an aromatic ring is 1. The average Bonchev–Trinajstić information content (AvgIpc) is 2.42. The Hall–Kier alpha value is -1.37. The fourth-order valence-electron chi connectivity index (χ4n) is 1.81. The van der Waals surface area contributed by atoms with Gasteiger partial charge in [0.05, 0.1) is 4.90 Å². The van der Waals surface area contributed by atoms with E-state index in [1.807, 2.05) is 30.3 Å². The maximum Gasteiger partial charge on any atom is 0.244 e. The largest absolute Gasteiger partial charge is 0.399 e. The molecule has 0 amide bonds. The van der Waals surface area contributed by atoms with E-state index in [9.17, 15) is 8.42 Å². The topological polar surface area (TPSA) is 63.4 Å². The molecule has 106 valence electrons. The van der Waals surface area contributed by atoms with Crippen LogP contribution >= 0.6 is 15.9 Å². The Kier molecular flexibility index (Phi) is 4.47. The van der Waals surface area contributed by atoms with Crippen LogP contribution < -0.4 is 5.73 Å². The van der Waals surface area contributed by atoms with Crippen molar-refractivity contribution in [1.29, 1.82) is 0 Å². The van der Waals surface area contributed by atoms with E-state index >= 15 is 0 Å². The molecular formula is C14H15BrN2O2S. The van der Waals surface area contributed by atoms with Crippen molar-refractivity contribution >= 4 is 31.6 Å². The molecule has 2 N–H and O–H groups in total. The molecule has 0 aliphatic carbocycles. The highest BCUT2D eigenvalue weighted by Crippen LogP contribution is 2.27. The Bertz CT molecular complexity index is 702.